The van der Waals surface area contributed by atoms with Gasteiger partial charge in [0.25, 0.3) is 0 Å². The molecular formula is C17H27N3O. The molecule has 1 aliphatic heterocycles. The first kappa shape index (κ1) is 15.8. The highest BCUT2D eigenvalue weighted by atomic mass is 16.5. The highest BCUT2D eigenvalue weighted by molar-refractivity contribution is 5.95. The summed E-state index contributed by atoms with van der Waals surface area (Å²) in [4.78, 5) is 2.50. The summed E-state index contributed by atoms with van der Waals surface area (Å²) in [6, 6.07) is 5.75. The number of nitrogen functional groups attached to an aromatic ring is 1. The van der Waals surface area contributed by atoms with Gasteiger partial charge in [-0.25, -0.2) is 0 Å². The van der Waals surface area contributed by atoms with Gasteiger partial charge in [-0.3, -0.25) is 10.3 Å². The number of rotatable bonds is 5. The molecule has 2 rings (SSSR count). The van der Waals surface area contributed by atoms with Crippen LogP contribution in [0.4, 0.5) is 0 Å². The van der Waals surface area contributed by atoms with Crippen molar-refractivity contribution in [2.45, 2.75) is 39.2 Å². The molecule has 0 saturated carbocycles. The molecule has 21 heavy (non-hydrogen) atoms. The molecule has 3 N–H and O–H groups in total. The summed E-state index contributed by atoms with van der Waals surface area (Å²) in [6.07, 6.45) is 5.19. The minimum Gasteiger partial charge on any atom is -0.496 e. The second-order valence-electron chi connectivity index (χ2n) is 5.92. The van der Waals surface area contributed by atoms with Gasteiger partial charge < -0.3 is 10.5 Å². The maximum absolute atomic E-state index is 7.59. The Balaban J connectivity index is 2.10. The molecule has 0 aliphatic carbocycles. The van der Waals surface area contributed by atoms with Gasteiger partial charge in [0.1, 0.15) is 11.6 Å². The van der Waals surface area contributed by atoms with Gasteiger partial charge in [0.05, 0.1) is 7.11 Å². The molecule has 1 aliphatic rings. The van der Waals surface area contributed by atoms with Crippen molar-refractivity contribution in [3.05, 3.63) is 29.3 Å². The van der Waals surface area contributed by atoms with Crippen LogP contribution in [0.3, 0.4) is 0 Å². The smallest absolute Gasteiger partial charge is 0.123 e. The number of amidine groups is 1. The minimum atomic E-state index is 0.112. The third-order valence-corrected chi connectivity index (χ3v) is 4.50. The van der Waals surface area contributed by atoms with Crippen LogP contribution < -0.4 is 10.5 Å². The first-order valence-corrected chi connectivity index (χ1v) is 7.87. The molecule has 1 fully saturated rings. The van der Waals surface area contributed by atoms with Crippen molar-refractivity contribution in [2.75, 3.05) is 20.2 Å². The summed E-state index contributed by atoms with van der Waals surface area (Å²) in [5, 5.41) is 7.59. The van der Waals surface area contributed by atoms with Crippen LogP contribution in [0.5, 0.6) is 5.75 Å². The largest absolute Gasteiger partial charge is 0.496 e. The van der Waals surface area contributed by atoms with E-state index in [0.29, 0.717) is 0 Å². The van der Waals surface area contributed by atoms with Crippen molar-refractivity contribution in [3.63, 3.8) is 0 Å². The number of nitrogens with two attached hydrogens (primary N) is 1. The second-order valence-corrected chi connectivity index (χ2v) is 5.92. The summed E-state index contributed by atoms with van der Waals surface area (Å²) < 4.78 is 5.46. The SMILES string of the molecule is CCC1CCCN(Cc2cc(C(=N)N)ccc2OC)CC1. The molecule has 116 valence electrons. The van der Waals surface area contributed by atoms with E-state index in [1.165, 1.54) is 25.7 Å². The van der Waals surface area contributed by atoms with Gasteiger partial charge in [0.2, 0.25) is 0 Å². The van der Waals surface area contributed by atoms with Crippen LogP contribution in [-0.4, -0.2) is 30.9 Å². The molecule has 1 aromatic carbocycles. The van der Waals surface area contributed by atoms with E-state index in [9.17, 15) is 0 Å². The van der Waals surface area contributed by atoms with Crippen LogP contribution in [0.15, 0.2) is 18.2 Å². The predicted molar refractivity (Wildman–Crippen MR) is 86.9 cm³/mol. The number of nitrogens with one attached hydrogen (secondary N) is 1. The molecule has 1 heterocycles. The van der Waals surface area contributed by atoms with Crippen LogP contribution in [0.2, 0.25) is 0 Å². The van der Waals surface area contributed by atoms with E-state index >= 15 is 0 Å². The van der Waals surface area contributed by atoms with E-state index in [-0.39, 0.29) is 5.84 Å². The monoisotopic (exact) mass is 289 g/mol. The Hall–Kier alpha value is -1.55. The van der Waals surface area contributed by atoms with E-state index in [0.717, 1.165) is 42.4 Å². The molecule has 0 radical (unpaired) electrons. The van der Waals surface area contributed by atoms with E-state index in [1.807, 2.05) is 18.2 Å². The minimum absolute atomic E-state index is 0.112. The van der Waals surface area contributed by atoms with Crippen LogP contribution >= 0.6 is 0 Å². The standard InChI is InChI=1S/C17H27N3O/c1-3-13-5-4-9-20(10-8-13)12-15-11-14(17(18)19)6-7-16(15)21-2/h6-7,11,13H,3-5,8-10,12H2,1-2H3,(H3,18,19). The van der Waals surface area contributed by atoms with Crippen molar-refractivity contribution < 1.29 is 4.74 Å². The average Bonchev–Trinajstić information content (AvgIpc) is 2.72. The molecule has 4 nitrogen and oxygen atoms in total. The maximum atomic E-state index is 7.59. The first-order chi connectivity index (χ1) is 10.1. The molecule has 1 saturated heterocycles. The molecule has 1 unspecified atom stereocenters. The lowest BCUT2D eigenvalue weighted by Gasteiger charge is -2.22. The molecule has 0 aromatic heterocycles. The van der Waals surface area contributed by atoms with Gasteiger partial charge in [-0.05, 0) is 56.5 Å². The van der Waals surface area contributed by atoms with Crippen molar-refractivity contribution in [1.82, 2.24) is 4.90 Å². The number of methoxy groups -OCH3 is 1. The molecule has 1 atom stereocenters. The summed E-state index contributed by atoms with van der Waals surface area (Å²) >= 11 is 0. The van der Waals surface area contributed by atoms with E-state index < -0.39 is 0 Å². The van der Waals surface area contributed by atoms with Crippen LogP contribution in [0, 0.1) is 11.3 Å². The zero-order valence-electron chi connectivity index (χ0n) is 13.2. The molecule has 0 spiro atoms. The highest BCUT2D eigenvalue weighted by Crippen LogP contribution is 2.25. The molecule has 0 amide bonds. The van der Waals surface area contributed by atoms with Crippen molar-refractivity contribution >= 4 is 5.84 Å². The van der Waals surface area contributed by atoms with Crippen LogP contribution in [-0.2, 0) is 6.54 Å². The third kappa shape index (κ3) is 4.21. The fourth-order valence-electron chi connectivity index (χ4n) is 3.10. The Labute approximate surface area is 127 Å². The van der Waals surface area contributed by atoms with Gasteiger partial charge in [-0.1, -0.05) is 13.3 Å². The zero-order chi connectivity index (χ0) is 15.2. The zero-order valence-corrected chi connectivity index (χ0v) is 13.2. The Bertz CT molecular complexity index is 487. The summed E-state index contributed by atoms with van der Waals surface area (Å²) in [5.74, 6) is 1.87. The van der Waals surface area contributed by atoms with Gasteiger partial charge in [-0.2, -0.15) is 0 Å². The van der Waals surface area contributed by atoms with Gasteiger partial charge in [0.15, 0.2) is 0 Å². The Morgan fingerprint density at radius 2 is 2.19 bits per heavy atom. The lowest BCUT2D eigenvalue weighted by Crippen LogP contribution is -2.25. The predicted octanol–water partition coefficient (Wildman–Crippen LogP) is 2.99. The average molecular weight is 289 g/mol. The summed E-state index contributed by atoms with van der Waals surface area (Å²) in [5.41, 5.74) is 7.49. The number of hydrogen-bond acceptors (Lipinski definition) is 3. The van der Waals surface area contributed by atoms with E-state index in [2.05, 4.69) is 11.8 Å². The topological polar surface area (TPSA) is 62.3 Å². The summed E-state index contributed by atoms with van der Waals surface area (Å²) in [7, 11) is 1.70. The van der Waals surface area contributed by atoms with Crippen molar-refractivity contribution in [2.24, 2.45) is 11.7 Å². The fourth-order valence-corrected chi connectivity index (χ4v) is 3.10. The third-order valence-electron chi connectivity index (χ3n) is 4.50. The maximum Gasteiger partial charge on any atom is 0.123 e. The molecular weight excluding hydrogens is 262 g/mol. The lowest BCUT2D eigenvalue weighted by molar-refractivity contribution is 0.267. The number of hydrogen-bond donors (Lipinski definition) is 2. The number of likely N-dealkylation sites (tertiary alicyclic amines) is 1. The number of benzene rings is 1. The number of ether oxygens (including phenoxy) is 1. The van der Waals surface area contributed by atoms with Gasteiger partial charge >= 0.3 is 0 Å². The lowest BCUT2D eigenvalue weighted by atomic mass is 9.98. The van der Waals surface area contributed by atoms with Crippen LogP contribution in [0.1, 0.15) is 43.7 Å². The molecule has 1 aromatic rings. The van der Waals surface area contributed by atoms with E-state index in [1.54, 1.807) is 7.11 Å². The van der Waals surface area contributed by atoms with Crippen LogP contribution in [0.25, 0.3) is 0 Å². The first-order valence-electron chi connectivity index (χ1n) is 7.87. The summed E-state index contributed by atoms with van der Waals surface area (Å²) in [6.45, 7) is 5.45. The fraction of sp³-hybridized carbons (Fsp3) is 0.588. The Morgan fingerprint density at radius 1 is 1.38 bits per heavy atom. The Morgan fingerprint density at radius 3 is 2.86 bits per heavy atom. The van der Waals surface area contributed by atoms with Crippen molar-refractivity contribution in [1.29, 1.82) is 5.41 Å². The van der Waals surface area contributed by atoms with E-state index in [4.69, 9.17) is 15.9 Å². The van der Waals surface area contributed by atoms with Gasteiger partial charge in [0, 0.05) is 17.7 Å². The molecule has 4 heteroatoms. The quantitative estimate of drug-likeness (QED) is 0.647. The molecule has 0 bridgehead atoms. The van der Waals surface area contributed by atoms with Crippen molar-refractivity contribution in [3.8, 4) is 5.75 Å². The number of nitrogens with zero attached hydrogens (tertiary/aromatic N) is 1. The Kier molecular flexibility index (Phi) is 5.62. The highest BCUT2D eigenvalue weighted by Gasteiger charge is 2.17. The normalized spacial score (nSPS) is 20.0. The van der Waals surface area contributed by atoms with Gasteiger partial charge in [-0.15, -0.1) is 0 Å². The second kappa shape index (κ2) is 7.46.